The van der Waals surface area contributed by atoms with E-state index in [2.05, 4.69) is 20.9 Å². The van der Waals surface area contributed by atoms with Gasteiger partial charge < -0.3 is 48.5 Å². The Morgan fingerprint density at radius 3 is 1.57 bits per heavy atom. The Hall–Kier alpha value is -4.62. The highest BCUT2D eigenvalue weighted by atomic mass is 16.4. The van der Waals surface area contributed by atoms with Crippen molar-refractivity contribution in [2.24, 2.45) is 63.6 Å². The van der Waals surface area contributed by atoms with Crippen LogP contribution < -0.4 is 33.2 Å². The second kappa shape index (κ2) is 31.3. The highest BCUT2D eigenvalue weighted by molar-refractivity contribution is 5.97. The number of Topliss-reactive ketones (excluding diaryl/α,β-unsaturated/α-hetero) is 5. The molecule has 0 spiro atoms. The van der Waals surface area contributed by atoms with E-state index < -0.39 is 127 Å². The van der Waals surface area contributed by atoms with Crippen molar-refractivity contribution in [3.05, 3.63) is 0 Å². The molecule has 0 rings (SSSR count). The molecule has 65 heavy (non-hydrogen) atoms. The average molecular weight is 924 g/mol. The van der Waals surface area contributed by atoms with Crippen LogP contribution in [0.3, 0.4) is 0 Å². The Bertz CT molecular complexity index is 1610. The first-order chi connectivity index (χ1) is 30.2. The number of carbonyl (C=O) groups is 9. The second-order valence-corrected chi connectivity index (χ2v) is 18.6. The summed E-state index contributed by atoms with van der Waals surface area (Å²) in [6, 6.07) is -3.90. The molecule has 0 aromatic carbocycles. The first kappa shape index (κ1) is 60.4. The molecule has 0 fully saturated rings. The van der Waals surface area contributed by atoms with Gasteiger partial charge in [0, 0.05) is 68.2 Å². The molecule has 372 valence electrons. The lowest BCUT2D eigenvalue weighted by molar-refractivity contribution is -0.139. The zero-order valence-electron chi connectivity index (χ0n) is 40.2. The first-order valence-corrected chi connectivity index (χ1v) is 23.1. The Morgan fingerprint density at radius 1 is 0.569 bits per heavy atom. The number of nitrogens with one attached hydrogen (secondary N) is 3. The van der Waals surface area contributed by atoms with Gasteiger partial charge in [0.2, 0.25) is 17.7 Å². The van der Waals surface area contributed by atoms with E-state index >= 15 is 0 Å². The van der Waals surface area contributed by atoms with Crippen LogP contribution in [0.25, 0.3) is 0 Å². The second-order valence-electron chi connectivity index (χ2n) is 18.6. The fraction of sp³-hybridized carbons (Fsp3) is 0.783. The smallest absolute Gasteiger partial charge is 0.303 e. The molecular weight excluding hydrogens is 843 g/mol. The summed E-state index contributed by atoms with van der Waals surface area (Å²) in [5.41, 5.74) is 16.7. The number of hydrogen-bond donors (Lipinski definition) is 9. The number of hydrogen-bond acceptors (Lipinski definition) is 13. The van der Waals surface area contributed by atoms with E-state index in [9.17, 15) is 58.5 Å². The van der Waals surface area contributed by atoms with Crippen molar-refractivity contribution < 1.29 is 58.5 Å². The zero-order chi connectivity index (χ0) is 50.1. The minimum Gasteiger partial charge on any atom is -0.481 e. The fourth-order valence-electron chi connectivity index (χ4n) is 7.60. The molecule has 0 aromatic heterocycles. The molecule has 0 aliphatic rings. The van der Waals surface area contributed by atoms with Crippen molar-refractivity contribution in [2.45, 2.75) is 176 Å². The number of aliphatic carboxylic acids is 1. The lowest BCUT2D eigenvalue weighted by Crippen LogP contribution is -2.51. The highest BCUT2D eigenvalue weighted by Gasteiger charge is 2.36. The standard InChI is InChI=1S/C46H81N7O12/c1-25(2)19-27(5)37(57)21-28(6)43(63)53-42(31(9)56)40(60)23-32(13-10-11-17-47)45(65)52-36(20-26(3)4)38(58)22-33(14-12-18-50-46(48)49)44(64)51-35(15-16-41(61)62)39(59)24-34(29(7)54)30(8)55/h25-29,31-36,42,54,56H,10-24,47H2,1-9H3,(H,51,64)(H,52,65)(H,53,63)(H,61,62)(H4,48,49,50)/t27-,28+,29+,31+,32+,33+,34-,35-,36-,42-/m0/s1. The number of carboxylic acids is 1. The maximum absolute atomic E-state index is 14.2. The first-order valence-electron chi connectivity index (χ1n) is 23.1. The summed E-state index contributed by atoms with van der Waals surface area (Å²) < 4.78 is 0. The van der Waals surface area contributed by atoms with Crippen molar-refractivity contribution >= 4 is 58.6 Å². The number of nitrogens with two attached hydrogens (primary N) is 3. The zero-order valence-corrected chi connectivity index (χ0v) is 40.2. The molecule has 0 aliphatic heterocycles. The SMILES string of the molecule is CC(=O)[C@@H](CC(=O)[C@H](CCC(=O)O)NC(=O)[C@H](CCCN=C(N)N)CC(=O)[C@H](CC(C)C)NC(=O)[C@H](CCCCN)CC(=O)[C@@H](NC(=O)[C@H](C)CC(=O)[C@@H](C)CC(C)C)[C@@H](C)O)[C@@H](C)O. The predicted octanol–water partition coefficient (Wildman–Crippen LogP) is 1.89. The van der Waals surface area contributed by atoms with Crippen LogP contribution in [-0.4, -0.2) is 117 Å². The van der Waals surface area contributed by atoms with E-state index in [0.29, 0.717) is 25.8 Å². The van der Waals surface area contributed by atoms with Crippen molar-refractivity contribution in [2.75, 3.05) is 13.1 Å². The van der Waals surface area contributed by atoms with Crippen LogP contribution in [-0.2, 0) is 43.2 Å². The molecule has 0 aliphatic carbocycles. The van der Waals surface area contributed by atoms with Gasteiger partial charge in [-0.3, -0.25) is 48.1 Å². The molecule has 0 saturated carbocycles. The van der Waals surface area contributed by atoms with E-state index in [0.717, 1.165) is 0 Å². The molecule has 19 heteroatoms. The van der Waals surface area contributed by atoms with Gasteiger partial charge in [-0.2, -0.15) is 0 Å². The maximum atomic E-state index is 14.2. The molecule has 0 saturated heterocycles. The monoisotopic (exact) mass is 924 g/mol. The molecule has 0 bridgehead atoms. The topological polar surface area (TPSA) is 341 Å². The number of nitrogens with zero attached hydrogens (tertiary/aromatic N) is 1. The Labute approximate surface area is 385 Å². The Balaban J connectivity index is 6.57. The average Bonchev–Trinajstić information content (AvgIpc) is 3.19. The molecule has 10 atom stereocenters. The fourth-order valence-corrected chi connectivity index (χ4v) is 7.60. The van der Waals surface area contributed by atoms with Gasteiger partial charge in [-0.1, -0.05) is 48.0 Å². The number of aliphatic hydroxyl groups is 2. The van der Waals surface area contributed by atoms with Crippen LogP contribution in [0.15, 0.2) is 4.99 Å². The molecule has 3 amide bonds. The van der Waals surface area contributed by atoms with Gasteiger partial charge in [-0.25, -0.2) is 0 Å². The predicted molar refractivity (Wildman–Crippen MR) is 246 cm³/mol. The van der Waals surface area contributed by atoms with Gasteiger partial charge in [0.25, 0.3) is 0 Å². The summed E-state index contributed by atoms with van der Waals surface area (Å²) in [7, 11) is 0. The van der Waals surface area contributed by atoms with Crippen molar-refractivity contribution in [1.29, 1.82) is 0 Å². The number of aliphatic imine (C=N–C) groups is 1. The quantitative estimate of drug-likeness (QED) is 0.0246. The normalized spacial score (nSPS) is 16.1. The summed E-state index contributed by atoms with van der Waals surface area (Å²) in [6.45, 7) is 15.3. The van der Waals surface area contributed by atoms with Crippen LogP contribution in [0.1, 0.15) is 146 Å². The van der Waals surface area contributed by atoms with Gasteiger partial charge >= 0.3 is 5.97 Å². The highest BCUT2D eigenvalue weighted by Crippen LogP contribution is 2.22. The van der Waals surface area contributed by atoms with Gasteiger partial charge in [-0.05, 0) is 84.1 Å². The summed E-state index contributed by atoms with van der Waals surface area (Å²) in [5.74, 6) is -10.0. The van der Waals surface area contributed by atoms with Gasteiger partial charge in [0.05, 0.1) is 24.3 Å². The van der Waals surface area contributed by atoms with Crippen molar-refractivity contribution in [3.8, 4) is 0 Å². The third-order valence-electron chi connectivity index (χ3n) is 11.4. The largest absolute Gasteiger partial charge is 0.481 e. The number of carboxylic acid groups (broad SMARTS) is 1. The van der Waals surface area contributed by atoms with Crippen molar-refractivity contribution in [3.63, 3.8) is 0 Å². The summed E-state index contributed by atoms with van der Waals surface area (Å²) in [5, 5.41) is 38.1. The third-order valence-corrected chi connectivity index (χ3v) is 11.4. The van der Waals surface area contributed by atoms with E-state index in [4.69, 9.17) is 17.2 Å². The van der Waals surface area contributed by atoms with Gasteiger partial charge in [0.1, 0.15) is 17.6 Å². The number of guanidine groups is 1. The van der Waals surface area contributed by atoms with E-state index in [-0.39, 0.29) is 74.6 Å². The Morgan fingerprint density at radius 2 is 1.09 bits per heavy atom. The summed E-state index contributed by atoms with van der Waals surface area (Å²) in [4.78, 5) is 123. The van der Waals surface area contributed by atoms with Crippen LogP contribution in [0.5, 0.6) is 0 Å². The van der Waals surface area contributed by atoms with Gasteiger partial charge in [0.15, 0.2) is 23.3 Å². The van der Waals surface area contributed by atoms with E-state index in [1.54, 1.807) is 13.8 Å². The molecule has 0 unspecified atom stereocenters. The number of amides is 3. The molecule has 0 aromatic rings. The van der Waals surface area contributed by atoms with E-state index in [1.807, 2.05) is 27.7 Å². The summed E-state index contributed by atoms with van der Waals surface area (Å²) in [6.07, 6.45) is -2.56. The molecular formula is C46H81N7O12. The van der Waals surface area contributed by atoms with Crippen molar-refractivity contribution in [1.82, 2.24) is 16.0 Å². The Kier molecular flexibility index (Phi) is 29.1. The molecule has 0 radical (unpaired) electrons. The minimum atomic E-state index is -1.39. The maximum Gasteiger partial charge on any atom is 0.303 e. The lowest BCUT2D eigenvalue weighted by Gasteiger charge is -2.27. The molecule has 12 N–H and O–H groups in total. The van der Waals surface area contributed by atoms with Crippen LogP contribution >= 0.6 is 0 Å². The molecule has 0 heterocycles. The number of aliphatic hydroxyl groups excluding tert-OH is 2. The lowest BCUT2D eigenvalue weighted by atomic mass is 9.87. The minimum absolute atomic E-state index is 0.0344. The van der Waals surface area contributed by atoms with Crippen LogP contribution in [0, 0.1) is 41.4 Å². The van der Waals surface area contributed by atoms with Crippen LogP contribution in [0.2, 0.25) is 0 Å². The third kappa shape index (κ3) is 25.0. The number of carbonyl (C=O) groups excluding carboxylic acids is 8. The number of rotatable bonds is 36. The number of unbranched alkanes of at least 4 members (excludes halogenated alkanes) is 1. The van der Waals surface area contributed by atoms with E-state index in [1.165, 1.54) is 20.8 Å². The summed E-state index contributed by atoms with van der Waals surface area (Å²) >= 11 is 0. The van der Waals surface area contributed by atoms with Crippen LogP contribution in [0.4, 0.5) is 0 Å². The van der Waals surface area contributed by atoms with Gasteiger partial charge in [-0.15, -0.1) is 0 Å². The molecule has 19 nitrogen and oxygen atoms in total. The number of ketones is 5.